The molecule has 90 valence electrons. The first-order chi connectivity index (χ1) is 8.24. The molecule has 0 fully saturated rings. The molecular weight excluding hydrogens is 226 g/mol. The van der Waals surface area contributed by atoms with Crippen LogP contribution in [0.4, 0.5) is 0 Å². The third-order valence-electron chi connectivity index (χ3n) is 4.11. The number of allylic oxidation sites excluding steroid dienone is 1. The molecule has 0 amide bonds. The van der Waals surface area contributed by atoms with Crippen molar-refractivity contribution < 1.29 is 0 Å². The van der Waals surface area contributed by atoms with Gasteiger partial charge in [0, 0.05) is 4.75 Å². The van der Waals surface area contributed by atoms with Crippen LogP contribution in [0.1, 0.15) is 30.9 Å². The van der Waals surface area contributed by atoms with Crippen molar-refractivity contribution in [1.82, 2.24) is 0 Å². The van der Waals surface area contributed by atoms with Gasteiger partial charge in [0.25, 0.3) is 0 Å². The number of nitrogens with two attached hydrogens (primary N) is 1. The summed E-state index contributed by atoms with van der Waals surface area (Å²) in [5.41, 5.74) is 12.1. The van der Waals surface area contributed by atoms with Crippen LogP contribution >= 0.6 is 11.8 Å². The Morgan fingerprint density at radius 2 is 2.18 bits per heavy atom. The van der Waals surface area contributed by atoms with E-state index < -0.39 is 0 Å². The highest BCUT2D eigenvalue weighted by atomic mass is 32.2. The third kappa shape index (κ3) is 1.74. The number of rotatable bonds is 2. The van der Waals surface area contributed by atoms with Crippen molar-refractivity contribution in [3.8, 4) is 0 Å². The van der Waals surface area contributed by atoms with Crippen molar-refractivity contribution in [2.75, 3.05) is 12.3 Å². The lowest BCUT2D eigenvalue weighted by Crippen LogP contribution is -2.30. The van der Waals surface area contributed by atoms with E-state index in [4.69, 9.17) is 5.73 Å². The van der Waals surface area contributed by atoms with Gasteiger partial charge in [0.15, 0.2) is 0 Å². The van der Waals surface area contributed by atoms with E-state index in [-0.39, 0.29) is 4.75 Å². The van der Waals surface area contributed by atoms with Crippen LogP contribution in [0.5, 0.6) is 0 Å². The molecule has 0 aromatic heterocycles. The maximum Gasteiger partial charge on any atom is 0.0361 e. The molecule has 3 rings (SSSR count). The van der Waals surface area contributed by atoms with E-state index in [2.05, 4.69) is 43.0 Å². The summed E-state index contributed by atoms with van der Waals surface area (Å²) in [5, 5.41) is 0. The highest BCUT2D eigenvalue weighted by molar-refractivity contribution is 8.00. The molecule has 17 heavy (non-hydrogen) atoms. The van der Waals surface area contributed by atoms with E-state index in [0.29, 0.717) is 0 Å². The summed E-state index contributed by atoms with van der Waals surface area (Å²) < 4.78 is 0.279. The molecular formula is C15H19NS. The van der Waals surface area contributed by atoms with Crippen LogP contribution in [-0.2, 0) is 6.42 Å². The maximum absolute atomic E-state index is 5.80. The summed E-state index contributed by atoms with van der Waals surface area (Å²) in [6, 6.07) is 8.89. The maximum atomic E-state index is 5.80. The van der Waals surface area contributed by atoms with Gasteiger partial charge < -0.3 is 5.73 Å². The van der Waals surface area contributed by atoms with Crippen molar-refractivity contribution in [1.29, 1.82) is 0 Å². The summed E-state index contributed by atoms with van der Waals surface area (Å²) in [5.74, 6) is 1.24. The van der Waals surface area contributed by atoms with Gasteiger partial charge in [0.1, 0.15) is 0 Å². The van der Waals surface area contributed by atoms with Gasteiger partial charge in [0.05, 0.1) is 0 Å². The highest BCUT2D eigenvalue weighted by Crippen LogP contribution is 2.50. The van der Waals surface area contributed by atoms with Crippen molar-refractivity contribution >= 4 is 17.3 Å². The molecule has 1 aromatic rings. The average Bonchev–Trinajstić information content (AvgIpc) is 2.70. The summed E-state index contributed by atoms with van der Waals surface area (Å²) in [7, 11) is 0. The Labute approximate surface area is 107 Å². The van der Waals surface area contributed by atoms with Gasteiger partial charge >= 0.3 is 0 Å². The van der Waals surface area contributed by atoms with Crippen molar-refractivity contribution in [2.24, 2.45) is 5.73 Å². The zero-order chi connectivity index (χ0) is 11.9. The fourth-order valence-electron chi connectivity index (χ4n) is 3.18. The quantitative estimate of drug-likeness (QED) is 0.865. The van der Waals surface area contributed by atoms with Crippen molar-refractivity contribution in [3.63, 3.8) is 0 Å². The second-order valence-electron chi connectivity index (χ2n) is 5.16. The summed E-state index contributed by atoms with van der Waals surface area (Å²) >= 11 is 2.10. The summed E-state index contributed by atoms with van der Waals surface area (Å²) in [6.45, 7) is 3.17. The van der Waals surface area contributed by atoms with E-state index in [1.54, 1.807) is 11.1 Å². The van der Waals surface area contributed by atoms with E-state index in [1.165, 1.54) is 23.3 Å². The first-order valence-electron chi connectivity index (χ1n) is 6.39. The van der Waals surface area contributed by atoms with Gasteiger partial charge in [-0.1, -0.05) is 24.3 Å². The lowest BCUT2D eigenvalue weighted by molar-refractivity contribution is 0.658. The Kier molecular flexibility index (Phi) is 2.80. The van der Waals surface area contributed by atoms with Gasteiger partial charge in [-0.25, -0.2) is 0 Å². The SMILES string of the molecule is CC1(CCN)SCCC2=C1Cc1ccccc12. The largest absolute Gasteiger partial charge is 0.330 e. The molecule has 1 aliphatic carbocycles. The molecule has 2 heteroatoms. The van der Waals surface area contributed by atoms with Crippen LogP contribution in [0.2, 0.25) is 0 Å². The summed E-state index contributed by atoms with van der Waals surface area (Å²) in [6.07, 6.45) is 3.48. The fourth-order valence-corrected chi connectivity index (χ4v) is 4.57. The molecule has 1 nitrogen and oxygen atoms in total. The number of hydrogen-bond donors (Lipinski definition) is 1. The Balaban J connectivity index is 2.05. The molecule has 2 N–H and O–H groups in total. The zero-order valence-electron chi connectivity index (χ0n) is 10.3. The van der Waals surface area contributed by atoms with E-state index in [1.807, 2.05) is 0 Å². The van der Waals surface area contributed by atoms with Gasteiger partial charge in [0.2, 0.25) is 0 Å². The first-order valence-corrected chi connectivity index (χ1v) is 7.38. The standard InChI is InChI=1S/C15H19NS/c1-15(7-8-16)14-10-11-4-2-3-5-12(11)13(14)6-9-17-15/h2-5H,6-10,16H2,1H3. The minimum atomic E-state index is 0.279. The average molecular weight is 245 g/mol. The molecule has 1 unspecified atom stereocenters. The normalized spacial score (nSPS) is 26.9. The molecule has 1 heterocycles. The Bertz CT molecular complexity index is 478. The smallest absolute Gasteiger partial charge is 0.0361 e. The number of hydrogen-bond acceptors (Lipinski definition) is 2. The van der Waals surface area contributed by atoms with E-state index in [0.717, 1.165) is 19.4 Å². The topological polar surface area (TPSA) is 26.0 Å². The highest BCUT2D eigenvalue weighted by Gasteiger charge is 2.38. The van der Waals surface area contributed by atoms with Crippen LogP contribution in [0, 0.1) is 0 Å². The van der Waals surface area contributed by atoms with Crippen LogP contribution in [0.15, 0.2) is 29.8 Å². The predicted octanol–water partition coefficient (Wildman–Crippen LogP) is 3.24. The minimum absolute atomic E-state index is 0.279. The van der Waals surface area contributed by atoms with Crippen LogP contribution in [0.25, 0.3) is 5.57 Å². The molecule has 0 radical (unpaired) electrons. The minimum Gasteiger partial charge on any atom is -0.330 e. The molecule has 1 aromatic carbocycles. The number of thioether (sulfide) groups is 1. The first kappa shape index (κ1) is 11.4. The molecule has 0 saturated heterocycles. The van der Waals surface area contributed by atoms with Gasteiger partial charge in [-0.2, -0.15) is 11.8 Å². The Morgan fingerprint density at radius 1 is 1.35 bits per heavy atom. The van der Waals surface area contributed by atoms with Gasteiger partial charge in [-0.15, -0.1) is 0 Å². The number of benzene rings is 1. The third-order valence-corrected chi connectivity index (χ3v) is 5.60. The zero-order valence-corrected chi connectivity index (χ0v) is 11.1. The lowest BCUT2D eigenvalue weighted by atomic mass is 9.90. The van der Waals surface area contributed by atoms with Crippen molar-refractivity contribution in [3.05, 3.63) is 41.0 Å². The van der Waals surface area contributed by atoms with Crippen LogP contribution < -0.4 is 5.73 Å². The molecule has 0 saturated carbocycles. The number of fused-ring (bicyclic) bond motifs is 2. The van der Waals surface area contributed by atoms with Crippen LogP contribution in [-0.4, -0.2) is 17.0 Å². The molecule has 1 aliphatic heterocycles. The summed E-state index contributed by atoms with van der Waals surface area (Å²) in [4.78, 5) is 0. The molecule has 0 bridgehead atoms. The Morgan fingerprint density at radius 3 is 3.00 bits per heavy atom. The van der Waals surface area contributed by atoms with Gasteiger partial charge in [-0.3, -0.25) is 0 Å². The molecule has 1 atom stereocenters. The van der Waals surface area contributed by atoms with E-state index in [9.17, 15) is 0 Å². The van der Waals surface area contributed by atoms with Crippen LogP contribution in [0.3, 0.4) is 0 Å². The fraction of sp³-hybridized carbons (Fsp3) is 0.467. The second kappa shape index (κ2) is 4.18. The van der Waals surface area contributed by atoms with Gasteiger partial charge in [-0.05, 0) is 60.8 Å². The molecule has 2 aliphatic rings. The second-order valence-corrected chi connectivity index (χ2v) is 6.76. The van der Waals surface area contributed by atoms with Crippen molar-refractivity contribution in [2.45, 2.75) is 30.9 Å². The lowest BCUT2D eigenvalue weighted by Gasteiger charge is -2.35. The monoisotopic (exact) mass is 245 g/mol. The Hall–Kier alpha value is -0.730. The molecule has 0 spiro atoms. The van der Waals surface area contributed by atoms with E-state index >= 15 is 0 Å². The predicted molar refractivity (Wildman–Crippen MR) is 76.2 cm³/mol.